The molecule has 0 aliphatic carbocycles. The molecule has 0 saturated carbocycles. The fraction of sp³-hybridized carbons (Fsp3) is 0.805. The number of carbonyl (C=O) groups excluding carboxylic acids is 2. The molecule has 1 aromatic rings. The Labute approximate surface area is 305 Å². The Morgan fingerprint density at radius 2 is 1.20 bits per heavy atom. The van der Waals surface area contributed by atoms with Gasteiger partial charge in [0, 0.05) is 26.1 Å². The highest BCUT2D eigenvalue weighted by Gasteiger charge is 2.18. The van der Waals surface area contributed by atoms with E-state index in [0.29, 0.717) is 38.2 Å². The first-order valence-corrected chi connectivity index (χ1v) is 20.0. The number of esters is 2. The number of rotatable bonds is 33. The molecule has 0 heterocycles. The highest BCUT2D eigenvalue weighted by molar-refractivity contribution is 5.90. The zero-order chi connectivity index (χ0) is 36.8. The lowest BCUT2D eigenvalue weighted by Gasteiger charge is -2.27. The summed E-state index contributed by atoms with van der Waals surface area (Å²) >= 11 is 0. The molecule has 0 aliphatic rings. The van der Waals surface area contributed by atoms with Crippen LogP contribution in [-0.4, -0.2) is 98.2 Å². The predicted molar refractivity (Wildman–Crippen MR) is 204 cm³/mol. The summed E-state index contributed by atoms with van der Waals surface area (Å²) in [6.45, 7) is 7.16. The number of nitrogens with zero attached hydrogens (tertiary/aromatic N) is 2. The van der Waals surface area contributed by atoms with Crippen LogP contribution in [0, 0.1) is 0 Å². The largest absolute Gasteiger partial charge is 0.493 e. The van der Waals surface area contributed by atoms with Crippen LogP contribution in [0.2, 0.25) is 0 Å². The van der Waals surface area contributed by atoms with E-state index in [1.54, 1.807) is 12.1 Å². The van der Waals surface area contributed by atoms with Gasteiger partial charge in [0.15, 0.2) is 11.5 Å². The van der Waals surface area contributed by atoms with Gasteiger partial charge in [0.25, 0.3) is 0 Å². The summed E-state index contributed by atoms with van der Waals surface area (Å²) in [7, 11) is 5.40. The zero-order valence-electron chi connectivity index (χ0n) is 32.6. The molecule has 1 aromatic carbocycles. The molecule has 9 heteroatoms. The number of unbranched alkanes of at least 4 members (excludes halogenated alkanes) is 14. The van der Waals surface area contributed by atoms with E-state index in [9.17, 15) is 19.8 Å². The molecule has 0 saturated heterocycles. The standard InChI is InChI=1S/C41H74N2O7/c1-6-8-10-12-14-16-18-20-24-36(44)33-43(34-37(45)25-21-19-17-15-13-11-9-7-2)30-22-26-40(46)50-38-28-27-35(32-39(38)48-5)41(47)49-31-23-29-42(3)4/h27-28,32,36-37,44-45H,6-26,29-31,33-34H2,1-5H3. The Bertz CT molecular complexity index is 962. The van der Waals surface area contributed by atoms with Gasteiger partial charge >= 0.3 is 11.9 Å². The summed E-state index contributed by atoms with van der Waals surface area (Å²) in [5.41, 5.74) is 0.332. The number of methoxy groups -OCH3 is 1. The van der Waals surface area contributed by atoms with Crippen molar-refractivity contribution in [3.8, 4) is 11.5 Å². The minimum Gasteiger partial charge on any atom is -0.493 e. The summed E-state index contributed by atoms with van der Waals surface area (Å²) in [6, 6.07) is 4.66. The average molecular weight is 707 g/mol. The van der Waals surface area contributed by atoms with E-state index < -0.39 is 24.1 Å². The van der Waals surface area contributed by atoms with Gasteiger partial charge in [-0.1, -0.05) is 117 Å². The van der Waals surface area contributed by atoms with Crippen LogP contribution in [0.25, 0.3) is 0 Å². The Morgan fingerprint density at radius 3 is 1.70 bits per heavy atom. The van der Waals surface area contributed by atoms with E-state index in [1.165, 1.54) is 90.2 Å². The Morgan fingerprint density at radius 1 is 0.680 bits per heavy atom. The molecule has 290 valence electrons. The minimum atomic E-state index is -0.459. The van der Waals surface area contributed by atoms with Crippen molar-refractivity contribution in [1.82, 2.24) is 9.80 Å². The van der Waals surface area contributed by atoms with Gasteiger partial charge in [-0.15, -0.1) is 0 Å². The van der Waals surface area contributed by atoms with Crippen molar-refractivity contribution in [2.24, 2.45) is 0 Å². The van der Waals surface area contributed by atoms with Crippen molar-refractivity contribution in [3.05, 3.63) is 23.8 Å². The third-order valence-electron chi connectivity index (χ3n) is 9.18. The topological polar surface area (TPSA) is 109 Å². The summed E-state index contributed by atoms with van der Waals surface area (Å²) in [5.74, 6) is -0.314. The van der Waals surface area contributed by atoms with Gasteiger partial charge in [-0.2, -0.15) is 0 Å². The minimum absolute atomic E-state index is 0.178. The van der Waals surface area contributed by atoms with Gasteiger partial charge < -0.3 is 29.3 Å². The molecule has 0 spiro atoms. The molecule has 0 amide bonds. The molecule has 2 unspecified atom stereocenters. The fourth-order valence-electron chi connectivity index (χ4n) is 6.19. The highest BCUT2D eigenvalue weighted by atomic mass is 16.6. The van der Waals surface area contributed by atoms with Crippen molar-refractivity contribution < 1.29 is 34.0 Å². The number of aliphatic hydroxyl groups excluding tert-OH is 2. The molecule has 0 aromatic heterocycles. The first-order chi connectivity index (χ1) is 24.2. The maximum atomic E-state index is 12.8. The molecular formula is C41H74N2O7. The molecule has 0 radical (unpaired) electrons. The van der Waals surface area contributed by atoms with Crippen LogP contribution in [0.1, 0.15) is 159 Å². The van der Waals surface area contributed by atoms with Crippen LogP contribution in [0.15, 0.2) is 18.2 Å². The third-order valence-corrected chi connectivity index (χ3v) is 9.18. The van der Waals surface area contributed by atoms with Gasteiger partial charge in [-0.3, -0.25) is 9.69 Å². The molecule has 0 aliphatic heterocycles. The van der Waals surface area contributed by atoms with E-state index in [2.05, 4.69) is 18.7 Å². The molecule has 0 bridgehead atoms. The first kappa shape index (κ1) is 45.8. The maximum absolute atomic E-state index is 12.8. The van der Waals surface area contributed by atoms with E-state index in [1.807, 2.05) is 19.0 Å². The maximum Gasteiger partial charge on any atom is 0.338 e. The van der Waals surface area contributed by atoms with Crippen molar-refractivity contribution in [1.29, 1.82) is 0 Å². The van der Waals surface area contributed by atoms with Crippen LogP contribution in [-0.2, 0) is 9.53 Å². The van der Waals surface area contributed by atoms with Crippen LogP contribution in [0.4, 0.5) is 0 Å². The molecule has 50 heavy (non-hydrogen) atoms. The van der Waals surface area contributed by atoms with E-state index in [-0.39, 0.29) is 17.9 Å². The Balaban J connectivity index is 2.60. The molecular weight excluding hydrogens is 632 g/mol. The van der Waals surface area contributed by atoms with Gasteiger partial charge in [-0.05, 0) is 64.5 Å². The van der Waals surface area contributed by atoms with Crippen molar-refractivity contribution in [3.63, 3.8) is 0 Å². The van der Waals surface area contributed by atoms with Crippen LogP contribution < -0.4 is 9.47 Å². The van der Waals surface area contributed by atoms with Gasteiger partial charge in [0.2, 0.25) is 0 Å². The SMILES string of the molecule is CCCCCCCCCCC(O)CN(CCCC(=O)Oc1ccc(C(=O)OCCCN(C)C)cc1OC)CC(O)CCCCCCCCCC. The second kappa shape index (κ2) is 30.4. The lowest BCUT2D eigenvalue weighted by atomic mass is 10.0. The second-order valence-electron chi connectivity index (χ2n) is 14.3. The highest BCUT2D eigenvalue weighted by Crippen LogP contribution is 2.29. The summed E-state index contributed by atoms with van der Waals surface area (Å²) in [6.07, 6.45) is 21.7. The molecule has 2 N–H and O–H groups in total. The van der Waals surface area contributed by atoms with E-state index in [0.717, 1.165) is 51.5 Å². The summed E-state index contributed by atoms with van der Waals surface area (Å²) in [4.78, 5) is 29.4. The van der Waals surface area contributed by atoms with Crippen molar-refractivity contribution in [2.75, 3.05) is 54.0 Å². The van der Waals surface area contributed by atoms with Crippen molar-refractivity contribution in [2.45, 2.75) is 161 Å². The van der Waals surface area contributed by atoms with Crippen molar-refractivity contribution >= 4 is 11.9 Å². The molecule has 0 fully saturated rings. The predicted octanol–water partition coefficient (Wildman–Crippen LogP) is 8.57. The van der Waals surface area contributed by atoms with Crippen LogP contribution in [0.3, 0.4) is 0 Å². The van der Waals surface area contributed by atoms with Gasteiger partial charge in [-0.25, -0.2) is 4.79 Å². The molecule has 1 rings (SSSR count). The van der Waals surface area contributed by atoms with Gasteiger partial charge in [0.1, 0.15) is 0 Å². The second-order valence-corrected chi connectivity index (χ2v) is 14.3. The Hall–Kier alpha value is -2.20. The number of benzene rings is 1. The normalized spacial score (nSPS) is 12.7. The number of hydrogen-bond donors (Lipinski definition) is 2. The molecule has 2 atom stereocenters. The first-order valence-electron chi connectivity index (χ1n) is 20.0. The van der Waals surface area contributed by atoms with E-state index in [4.69, 9.17) is 14.2 Å². The third kappa shape index (κ3) is 24.1. The number of hydrogen-bond acceptors (Lipinski definition) is 9. The number of ether oxygens (including phenoxy) is 3. The number of aliphatic hydroxyl groups is 2. The zero-order valence-corrected chi connectivity index (χ0v) is 32.6. The monoisotopic (exact) mass is 707 g/mol. The smallest absolute Gasteiger partial charge is 0.338 e. The number of carbonyl (C=O) groups is 2. The van der Waals surface area contributed by atoms with Gasteiger partial charge in [0.05, 0.1) is 31.5 Å². The summed E-state index contributed by atoms with van der Waals surface area (Å²) in [5, 5.41) is 21.8. The quantitative estimate of drug-likeness (QED) is 0.0422. The summed E-state index contributed by atoms with van der Waals surface area (Å²) < 4.78 is 16.4. The Kier molecular flexibility index (Phi) is 27.9. The lowest BCUT2D eigenvalue weighted by molar-refractivity contribution is -0.134. The average Bonchev–Trinajstić information content (AvgIpc) is 3.08. The van der Waals surface area contributed by atoms with Crippen LogP contribution >= 0.6 is 0 Å². The molecule has 9 nitrogen and oxygen atoms in total. The van der Waals surface area contributed by atoms with Crippen LogP contribution in [0.5, 0.6) is 11.5 Å². The lowest BCUT2D eigenvalue weighted by Crippen LogP contribution is -2.39. The fourth-order valence-corrected chi connectivity index (χ4v) is 6.19. The van der Waals surface area contributed by atoms with E-state index >= 15 is 0 Å².